The number of rotatable bonds is 9. The highest BCUT2D eigenvalue weighted by molar-refractivity contribution is 8.26. The second-order valence-corrected chi connectivity index (χ2v) is 9.01. The van der Waals surface area contributed by atoms with Crippen LogP contribution in [0.15, 0.2) is 53.4 Å². The lowest BCUT2D eigenvalue weighted by Gasteiger charge is -2.14. The Morgan fingerprint density at radius 3 is 2.65 bits per heavy atom. The van der Waals surface area contributed by atoms with Crippen LogP contribution >= 0.6 is 24.0 Å². The molecule has 2 aromatic carbocycles. The average molecular weight is 455 g/mol. The first-order valence-corrected chi connectivity index (χ1v) is 11.4. The van der Waals surface area contributed by atoms with Gasteiger partial charge in [0.15, 0.2) is 0 Å². The van der Waals surface area contributed by atoms with Crippen LogP contribution in [-0.4, -0.2) is 34.7 Å². The maximum atomic E-state index is 12.7. The van der Waals surface area contributed by atoms with Gasteiger partial charge in [-0.3, -0.25) is 14.5 Å². The van der Waals surface area contributed by atoms with Crippen molar-refractivity contribution in [2.75, 3.05) is 19.0 Å². The quantitative estimate of drug-likeness (QED) is 0.312. The van der Waals surface area contributed by atoms with Crippen LogP contribution in [0.2, 0.25) is 0 Å². The first-order valence-electron chi connectivity index (χ1n) is 10.2. The van der Waals surface area contributed by atoms with Gasteiger partial charge in [-0.25, -0.2) is 0 Å². The first kappa shape index (κ1) is 23.0. The zero-order valence-electron chi connectivity index (χ0n) is 17.7. The number of anilines is 1. The maximum Gasteiger partial charge on any atom is 0.266 e. The average Bonchev–Trinajstić information content (AvgIpc) is 3.01. The molecule has 0 saturated carbocycles. The fourth-order valence-electron chi connectivity index (χ4n) is 3.22. The lowest BCUT2D eigenvalue weighted by Crippen LogP contribution is -2.29. The van der Waals surface area contributed by atoms with Gasteiger partial charge in [0.25, 0.3) is 5.91 Å². The SMILES string of the molecule is COc1ccc(/C=C2\SC(=S)N(CCCCCC(=O)Nc3cccc(C)c3)C2=O)cc1. The largest absolute Gasteiger partial charge is 0.497 e. The molecule has 2 amide bonds. The molecule has 3 rings (SSSR count). The highest BCUT2D eigenvalue weighted by Crippen LogP contribution is 2.33. The number of amides is 2. The Morgan fingerprint density at radius 1 is 1.16 bits per heavy atom. The van der Waals surface area contributed by atoms with E-state index in [0.717, 1.165) is 41.8 Å². The molecule has 1 saturated heterocycles. The van der Waals surface area contributed by atoms with E-state index in [1.807, 2.05) is 61.5 Å². The lowest BCUT2D eigenvalue weighted by molar-refractivity contribution is -0.122. The number of thioether (sulfide) groups is 1. The van der Waals surface area contributed by atoms with Crippen LogP contribution in [0.3, 0.4) is 0 Å². The number of nitrogens with one attached hydrogen (secondary N) is 1. The summed E-state index contributed by atoms with van der Waals surface area (Å²) in [5.41, 5.74) is 2.87. The molecule has 0 radical (unpaired) electrons. The number of carbonyl (C=O) groups is 2. The number of hydrogen-bond donors (Lipinski definition) is 1. The molecule has 0 spiro atoms. The highest BCUT2D eigenvalue weighted by atomic mass is 32.2. The van der Waals surface area contributed by atoms with E-state index in [2.05, 4.69) is 5.32 Å². The molecule has 7 heteroatoms. The summed E-state index contributed by atoms with van der Waals surface area (Å²) in [6.07, 6.45) is 4.75. The van der Waals surface area contributed by atoms with E-state index in [0.29, 0.717) is 22.2 Å². The third-order valence-corrected chi connectivity index (χ3v) is 6.25. The summed E-state index contributed by atoms with van der Waals surface area (Å²) in [4.78, 5) is 27.1. The molecule has 1 aliphatic rings. The van der Waals surface area contributed by atoms with Crippen LogP contribution in [0, 0.1) is 6.92 Å². The first-order chi connectivity index (χ1) is 15.0. The number of nitrogens with zero attached hydrogens (tertiary/aromatic N) is 1. The molecular formula is C24H26N2O3S2. The van der Waals surface area contributed by atoms with Gasteiger partial charge in [-0.15, -0.1) is 0 Å². The van der Waals surface area contributed by atoms with E-state index in [1.54, 1.807) is 12.0 Å². The topological polar surface area (TPSA) is 58.6 Å². The fraction of sp³-hybridized carbons (Fsp3) is 0.292. The van der Waals surface area contributed by atoms with E-state index in [-0.39, 0.29) is 11.8 Å². The van der Waals surface area contributed by atoms with Crippen molar-refractivity contribution in [1.29, 1.82) is 0 Å². The Bertz CT molecular complexity index is 987. The molecule has 31 heavy (non-hydrogen) atoms. The molecule has 0 aromatic heterocycles. The van der Waals surface area contributed by atoms with Gasteiger partial charge in [0.1, 0.15) is 10.1 Å². The van der Waals surface area contributed by atoms with Gasteiger partial charge < -0.3 is 10.1 Å². The highest BCUT2D eigenvalue weighted by Gasteiger charge is 2.31. The Kier molecular flexibility index (Phi) is 8.26. The number of hydrogen-bond acceptors (Lipinski definition) is 5. The minimum Gasteiger partial charge on any atom is -0.497 e. The van der Waals surface area contributed by atoms with Gasteiger partial charge >= 0.3 is 0 Å². The van der Waals surface area contributed by atoms with Crippen LogP contribution in [0.1, 0.15) is 36.8 Å². The summed E-state index contributed by atoms with van der Waals surface area (Å²) in [6.45, 7) is 2.57. The molecule has 1 fully saturated rings. The molecule has 0 aliphatic carbocycles. The van der Waals surface area contributed by atoms with Crippen molar-refractivity contribution in [3.8, 4) is 5.75 Å². The molecular weight excluding hydrogens is 428 g/mol. The summed E-state index contributed by atoms with van der Waals surface area (Å²) in [6, 6.07) is 15.3. The Morgan fingerprint density at radius 2 is 1.94 bits per heavy atom. The Balaban J connectivity index is 1.42. The lowest BCUT2D eigenvalue weighted by atomic mass is 10.1. The number of carbonyl (C=O) groups excluding carboxylic acids is 2. The second kappa shape index (κ2) is 11.1. The van der Waals surface area contributed by atoms with Crippen molar-refractivity contribution in [3.63, 3.8) is 0 Å². The maximum absolute atomic E-state index is 12.7. The summed E-state index contributed by atoms with van der Waals surface area (Å²) >= 11 is 6.73. The number of aryl methyl sites for hydroxylation is 1. The predicted molar refractivity (Wildman–Crippen MR) is 131 cm³/mol. The number of thiocarbonyl (C=S) groups is 1. The van der Waals surface area contributed by atoms with Crippen molar-refractivity contribution in [2.45, 2.75) is 32.6 Å². The van der Waals surface area contributed by atoms with Crippen LogP contribution in [0.5, 0.6) is 5.75 Å². The summed E-state index contributed by atoms with van der Waals surface area (Å²) < 4.78 is 5.75. The van der Waals surface area contributed by atoms with Gasteiger partial charge in [0.2, 0.25) is 5.91 Å². The van der Waals surface area contributed by atoms with Gasteiger partial charge in [0, 0.05) is 18.7 Å². The van der Waals surface area contributed by atoms with Gasteiger partial charge in [-0.2, -0.15) is 0 Å². The minimum absolute atomic E-state index is 0.0126. The van der Waals surface area contributed by atoms with Crippen LogP contribution in [-0.2, 0) is 9.59 Å². The van der Waals surface area contributed by atoms with E-state index in [1.165, 1.54) is 11.8 Å². The van der Waals surface area contributed by atoms with Crippen LogP contribution in [0.4, 0.5) is 5.69 Å². The number of unbranched alkanes of at least 4 members (excludes halogenated alkanes) is 2. The zero-order valence-corrected chi connectivity index (χ0v) is 19.4. The predicted octanol–water partition coefficient (Wildman–Crippen LogP) is 5.40. The fourth-order valence-corrected chi connectivity index (χ4v) is 4.53. The van der Waals surface area contributed by atoms with E-state index >= 15 is 0 Å². The van der Waals surface area contributed by atoms with Gasteiger partial charge in [-0.05, 0) is 61.2 Å². The molecule has 1 heterocycles. The standard InChI is InChI=1S/C24H26N2O3S2/c1-17-7-6-8-19(15-17)25-22(27)9-4-3-5-14-26-23(28)21(31-24(26)30)16-18-10-12-20(29-2)13-11-18/h6-8,10-13,15-16H,3-5,9,14H2,1-2H3,(H,25,27)/b21-16-. The third-order valence-electron chi connectivity index (χ3n) is 4.87. The molecule has 1 N–H and O–H groups in total. The monoisotopic (exact) mass is 454 g/mol. The van der Waals surface area contributed by atoms with Crippen molar-refractivity contribution >= 4 is 51.9 Å². The second-order valence-electron chi connectivity index (χ2n) is 7.33. The zero-order chi connectivity index (χ0) is 22.2. The summed E-state index contributed by atoms with van der Waals surface area (Å²) in [5, 5.41) is 2.92. The van der Waals surface area contributed by atoms with E-state index < -0.39 is 0 Å². The molecule has 0 bridgehead atoms. The summed E-state index contributed by atoms with van der Waals surface area (Å²) in [5.74, 6) is 0.735. The number of ether oxygens (including phenoxy) is 1. The van der Waals surface area contributed by atoms with Gasteiger partial charge in [0.05, 0.1) is 12.0 Å². The van der Waals surface area contributed by atoms with E-state index in [9.17, 15) is 9.59 Å². The van der Waals surface area contributed by atoms with Gasteiger partial charge in [-0.1, -0.05) is 54.7 Å². The van der Waals surface area contributed by atoms with Crippen LogP contribution < -0.4 is 10.1 Å². The van der Waals surface area contributed by atoms with E-state index in [4.69, 9.17) is 17.0 Å². The number of benzene rings is 2. The molecule has 0 atom stereocenters. The third kappa shape index (κ3) is 6.67. The summed E-state index contributed by atoms with van der Waals surface area (Å²) in [7, 11) is 1.62. The normalized spacial score (nSPS) is 14.9. The number of methoxy groups -OCH3 is 1. The van der Waals surface area contributed by atoms with Crippen molar-refractivity contribution in [2.24, 2.45) is 0 Å². The minimum atomic E-state index is -0.0528. The Labute approximate surface area is 192 Å². The molecule has 162 valence electrons. The molecule has 1 aliphatic heterocycles. The van der Waals surface area contributed by atoms with Crippen molar-refractivity contribution in [1.82, 2.24) is 4.90 Å². The molecule has 0 unspecified atom stereocenters. The van der Waals surface area contributed by atoms with Crippen molar-refractivity contribution < 1.29 is 14.3 Å². The molecule has 2 aromatic rings. The van der Waals surface area contributed by atoms with Crippen LogP contribution in [0.25, 0.3) is 6.08 Å². The Hall–Kier alpha value is -2.64. The smallest absolute Gasteiger partial charge is 0.266 e. The molecule has 5 nitrogen and oxygen atoms in total. The van der Waals surface area contributed by atoms with Crippen molar-refractivity contribution in [3.05, 3.63) is 64.6 Å².